The number of carbonyl (C=O) groups excluding carboxylic acids is 1. The molecule has 110 valence electrons. The molecule has 0 radical (unpaired) electrons. The van der Waals surface area contributed by atoms with Gasteiger partial charge in [0.15, 0.2) is 0 Å². The second kappa shape index (κ2) is 6.83. The van der Waals surface area contributed by atoms with Crippen LogP contribution in [0.4, 0.5) is 5.69 Å². The second-order valence-electron chi connectivity index (χ2n) is 4.69. The number of nitrogen functional groups attached to an aromatic ring is 1. The largest absolute Gasteiger partial charge is 0.399 e. The Bertz CT molecular complexity index is 641. The first-order chi connectivity index (χ1) is 10.0. The van der Waals surface area contributed by atoms with E-state index in [1.54, 1.807) is 23.1 Å². The van der Waals surface area contributed by atoms with Gasteiger partial charge in [0.1, 0.15) is 0 Å². The van der Waals surface area contributed by atoms with Crippen LogP contribution in [0.1, 0.15) is 22.8 Å². The molecule has 0 atom stereocenters. The van der Waals surface area contributed by atoms with Crippen LogP contribution in [0.25, 0.3) is 0 Å². The van der Waals surface area contributed by atoms with Crippen molar-refractivity contribution < 1.29 is 4.79 Å². The van der Waals surface area contributed by atoms with Crippen molar-refractivity contribution in [2.75, 3.05) is 12.3 Å². The Morgan fingerprint density at radius 3 is 2.33 bits per heavy atom. The normalized spacial score (nSPS) is 10.4. The molecule has 2 rings (SSSR count). The molecule has 2 aromatic carbocycles. The Kier molecular flexibility index (Phi) is 5.10. The van der Waals surface area contributed by atoms with Gasteiger partial charge in [-0.25, -0.2) is 0 Å². The van der Waals surface area contributed by atoms with Crippen molar-refractivity contribution in [1.82, 2.24) is 4.90 Å². The number of nitrogens with two attached hydrogens (primary N) is 1. The van der Waals surface area contributed by atoms with Gasteiger partial charge in [0.2, 0.25) is 0 Å². The van der Waals surface area contributed by atoms with E-state index < -0.39 is 0 Å². The highest BCUT2D eigenvalue weighted by atomic mass is 35.5. The highest BCUT2D eigenvalue weighted by Crippen LogP contribution is 2.23. The van der Waals surface area contributed by atoms with Gasteiger partial charge in [0, 0.05) is 24.3 Å². The average Bonchev–Trinajstić information content (AvgIpc) is 2.49. The van der Waals surface area contributed by atoms with Gasteiger partial charge in [-0.05, 0) is 42.8 Å². The first-order valence-corrected chi connectivity index (χ1v) is 7.35. The van der Waals surface area contributed by atoms with Crippen LogP contribution in [0.2, 0.25) is 10.0 Å². The quantitative estimate of drug-likeness (QED) is 0.856. The third kappa shape index (κ3) is 3.90. The molecule has 0 heterocycles. The molecule has 0 spiro atoms. The number of nitrogens with zero attached hydrogens (tertiary/aromatic N) is 1. The summed E-state index contributed by atoms with van der Waals surface area (Å²) < 4.78 is 0. The molecular weight excluding hydrogens is 307 g/mol. The monoisotopic (exact) mass is 322 g/mol. The maximum Gasteiger partial charge on any atom is 0.254 e. The first-order valence-electron chi connectivity index (χ1n) is 6.60. The average molecular weight is 323 g/mol. The summed E-state index contributed by atoms with van der Waals surface area (Å²) in [6, 6.07) is 12.4. The van der Waals surface area contributed by atoms with Gasteiger partial charge in [-0.3, -0.25) is 4.79 Å². The van der Waals surface area contributed by atoms with Crippen molar-refractivity contribution in [2.45, 2.75) is 13.5 Å². The minimum atomic E-state index is -0.0760. The fourth-order valence-electron chi connectivity index (χ4n) is 1.98. The standard InChI is InChI=1S/C16H16Cl2N2O/c1-2-20(10-11-3-6-13(19)7-4-11)16(21)12-5-8-14(17)15(18)9-12/h3-9H,2,10,19H2,1H3. The van der Waals surface area contributed by atoms with Crippen LogP contribution in [-0.4, -0.2) is 17.4 Å². The van der Waals surface area contributed by atoms with E-state index in [4.69, 9.17) is 28.9 Å². The Hall–Kier alpha value is -1.71. The number of rotatable bonds is 4. The van der Waals surface area contributed by atoms with E-state index in [1.807, 2.05) is 31.2 Å². The second-order valence-corrected chi connectivity index (χ2v) is 5.50. The van der Waals surface area contributed by atoms with Gasteiger partial charge in [-0.15, -0.1) is 0 Å². The molecular formula is C16H16Cl2N2O. The van der Waals surface area contributed by atoms with E-state index in [2.05, 4.69) is 0 Å². The number of hydrogen-bond acceptors (Lipinski definition) is 2. The molecule has 21 heavy (non-hydrogen) atoms. The maximum absolute atomic E-state index is 12.5. The number of benzene rings is 2. The SMILES string of the molecule is CCN(Cc1ccc(N)cc1)C(=O)c1ccc(Cl)c(Cl)c1. The Labute approximate surface area is 134 Å². The molecule has 1 amide bonds. The van der Waals surface area contributed by atoms with Crippen molar-refractivity contribution in [3.63, 3.8) is 0 Å². The molecule has 0 aliphatic heterocycles. The van der Waals surface area contributed by atoms with Crippen molar-refractivity contribution in [3.8, 4) is 0 Å². The topological polar surface area (TPSA) is 46.3 Å². The Morgan fingerprint density at radius 2 is 1.76 bits per heavy atom. The van der Waals surface area contributed by atoms with Crippen LogP contribution in [0, 0.1) is 0 Å². The number of anilines is 1. The number of halogens is 2. The minimum absolute atomic E-state index is 0.0760. The minimum Gasteiger partial charge on any atom is -0.399 e. The fourth-order valence-corrected chi connectivity index (χ4v) is 2.28. The summed E-state index contributed by atoms with van der Waals surface area (Å²) in [5.41, 5.74) is 7.93. The van der Waals surface area contributed by atoms with Crippen LogP contribution in [-0.2, 0) is 6.54 Å². The maximum atomic E-state index is 12.5. The molecule has 3 nitrogen and oxygen atoms in total. The van der Waals surface area contributed by atoms with Gasteiger partial charge < -0.3 is 10.6 Å². The summed E-state index contributed by atoms with van der Waals surface area (Å²) in [6.07, 6.45) is 0. The van der Waals surface area contributed by atoms with Gasteiger partial charge in [-0.2, -0.15) is 0 Å². The molecule has 0 fully saturated rings. The lowest BCUT2D eigenvalue weighted by molar-refractivity contribution is 0.0752. The van der Waals surface area contributed by atoms with Crippen LogP contribution < -0.4 is 5.73 Å². The molecule has 0 saturated carbocycles. The number of amides is 1. The lowest BCUT2D eigenvalue weighted by Gasteiger charge is -2.21. The fraction of sp³-hybridized carbons (Fsp3) is 0.188. The third-order valence-corrected chi connectivity index (χ3v) is 3.93. The summed E-state index contributed by atoms with van der Waals surface area (Å²) >= 11 is 11.8. The summed E-state index contributed by atoms with van der Waals surface area (Å²) in [7, 11) is 0. The zero-order valence-corrected chi connectivity index (χ0v) is 13.2. The highest BCUT2D eigenvalue weighted by Gasteiger charge is 2.15. The molecule has 0 aromatic heterocycles. The van der Waals surface area contributed by atoms with Crippen LogP contribution in [0.3, 0.4) is 0 Å². The summed E-state index contributed by atoms with van der Waals surface area (Å²) in [4.78, 5) is 14.3. The van der Waals surface area contributed by atoms with E-state index in [9.17, 15) is 4.79 Å². The summed E-state index contributed by atoms with van der Waals surface area (Å²) in [6.45, 7) is 3.06. The summed E-state index contributed by atoms with van der Waals surface area (Å²) in [5, 5.41) is 0.820. The molecule has 0 aliphatic carbocycles. The molecule has 0 aliphatic rings. The lowest BCUT2D eigenvalue weighted by atomic mass is 10.1. The Morgan fingerprint density at radius 1 is 1.10 bits per heavy atom. The predicted octanol–water partition coefficient (Wildman–Crippen LogP) is 4.24. The number of carbonyl (C=O) groups is 1. The molecule has 0 saturated heterocycles. The molecule has 0 unspecified atom stereocenters. The Balaban J connectivity index is 2.18. The van der Waals surface area contributed by atoms with E-state index in [1.165, 1.54) is 0 Å². The van der Waals surface area contributed by atoms with E-state index in [0.717, 1.165) is 5.56 Å². The predicted molar refractivity (Wildman–Crippen MR) is 87.7 cm³/mol. The van der Waals surface area contributed by atoms with Gasteiger partial charge in [0.05, 0.1) is 10.0 Å². The van der Waals surface area contributed by atoms with Crippen LogP contribution in [0.15, 0.2) is 42.5 Å². The smallest absolute Gasteiger partial charge is 0.254 e. The van der Waals surface area contributed by atoms with E-state index >= 15 is 0 Å². The van der Waals surface area contributed by atoms with Crippen molar-refractivity contribution in [2.24, 2.45) is 0 Å². The molecule has 0 bridgehead atoms. The summed E-state index contributed by atoms with van der Waals surface area (Å²) in [5.74, 6) is -0.0760. The van der Waals surface area contributed by atoms with Crippen LogP contribution in [0.5, 0.6) is 0 Å². The van der Waals surface area contributed by atoms with E-state index in [-0.39, 0.29) is 5.91 Å². The zero-order valence-electron chi connectivity index (χ0n) is 11.6. The molecule has 2 N–H and O–H groups in total. The zero-order chi connectivity index (χ0) is 15.4. The van der Waals surface area contributed by atoms with Crippen molar-refractivity contribution in [3.05, 3.63) is 63.6 Å². The van der Waals surface area contributed by atoms with Gasteiger partial charge in [-0.1, -0.05) is 35.3 Å². The first kappa shape index (κ1) is 15.7. The van der Waals surface area contributed by atoms with Crippen molar-refractivity contribution in [1.29, 1.82) is 0 Å². The van der Waals surface area contributed by atoms with Gasteiger partial charge in [0.25, 0.3) is 5.91 Å². The third-order valence-electron chi connectivity index (χ3n) is 3.19. The number of hydrogen-bond donors (Lipinski definition) is 1. The van der Waals surface area contributed by atoms with Crippen molar-refractivity contribution >= 4 is 34.8 Å². The highest BCUT2D eigenvalue weighted by molar-refractivity contribution is 6.42. The molecule has 2 aromatic rings. The molecule has 5 heteroatoms. The van der Waals surface area contributed by atoms with Crippen LogP contribution >= 0.6 is 23.2 Å². The van der Waals surface area contributed by atoms with Gasteiger partial charge >= 0.3 is 0 Å². The lowest BCUT2D eigenvalue weighted by Crippen LogP contribution is -2.30. The van der Waals surface area contributed by atoms with E-state index in [0.29, 0.717) is 34.4 Å².